The van der Waals surface area contributed by atoms with E-state index in [1.807, 2.05) is 0 Å². The van der Waals surface area contributed by atoms with Crippen molar-refractivity contribution in [1.29, 1.82) is 0 Å². The number of hydrogen-bond acceptors (Lipinski definition) is 6. The number of rotatable bonds is 5. The first-order valence-corrected chi connectivity index (χ1v) is 10.3. The van der Waals surface area contributed by atoms with E-state index in [-0.39, 0.29) is 0 Å². The Morgan fingerprint density at radius 3 is 2.64 bits per heavy atom. The second-order valence-electron chi connectivity index (χ2n) is 6.93. The maximum atomic E-state index is 4.93. The third kappa shape index (κ3) is 4.82. The maximum Gasteiger partial charge on any atom is 0.205 e. The van der Waals surface area contributed by atoms with Crippen LogP contribution in [0.15, 0.2) is 4.99 Å². The van der Waals surface area contributed by atoms with Gasteiger partial charge in [-0.2, -0.15) is 4.37 Å². The van der Waals surface area contributed by atoms with E-state index in [2.05, 4.69) is 50.3 Å². The first kappa shape index (κ1) is 18.4. The first-order valence-electron chi connectivity index (χ1n) is 9.49. The van der Waals surface area contributed by atoms with Gasteiger partial charge in [-0.05, 0) is 32.9 Å². The summed E-state index contributed by atoms with van der Waals surface area (Å²) in [6.07, 6.45) is 2.17. The lowest BCUT2D eigenvalue weighted by atomic mass is 10.1. The van der Waals surface area contributed by atoms with Crippen molar-refractivity contribution in [1.82, 2.24) is 24.5 Å². The van der Waals surface area contributed by atoms with E-state index < -0.39 is 0 Å². The molecule has 0 aromatic carbocycles. The number of likely N-dealkylation sites (tertiary alicyclic amines) is 1. The Hall–Kier alpha value is -1.41. The van der Waals surface area contributed by atoms with Crippen molar-refractivity contribution >= 4 is 22.6 Å². The molecule has 7 nitrogen and oxygen atoms in total. The molecule has 1 atom stereocenters. The molecule has 1 N–H and O–H groups in total. The number of nitrogens with zero attached hydrogens (tertiary/aromatic N) is 6. The van der Waals surface area contributed by atoms with Crippen molar-refractivity contribution in [3.05, 3.63) is 5.82 Å². The summed E-state index contributed by atoms with van der Waals surface area (Å²) < 4.78 is 4.41. The zero-order valence-electron chi connectivity index (χ0n) is 15.7. The number of hydrogen-bond donors (Lipinski definition) is 1. The van der Waals surface area contributed by atoms with Gasteiger partial charge >= 0.3 is 0 Å². The van der Waals surface area contributed by atoms with Crippen LogP contribution >= 0.6 is 11.5 Å². The van der Waals surface area contributed by atoms with Gasteiger partial charge < -0.3 is 20.0 Å². The van der Waals surface area contributed by atoms with Crippen molar-refractivity contribution in [3.63, 3.8) is 0 Å². The summed E-state index contributed by atoms with van der Waals surface area (Å²) in [7, 11) is 2.20. The fourth-order valence-electron chi connectivity index (χ4n) is 3.44. The Morgan fingerprint density at radius 1 is 1.24 bits per heavy atom. The molecule has 0 spiro atoms. The molecule has 2 aliphatic heterocycles. The van der Waals surface area contributed by atoms with Crippen LogP contribution in [0.5, 0.6) is 0 Å². The van der Waals surface area contributed by atoms with E-state index in [9.17, 15) is 0 Å². The van der Waals surface area contributed by atoms with Crippen LogP contribution in [0, 0.1) is 5.92 Å². The molecule has 2 fully saturated rings. The molecule has 2 saturated heterocycles. The average molecular weight is 366 g/mol. The minimum Gasteiger partial charge on any atom is -0.357 e. The Balaban J connectivity index is 1.54. The quantitative estimate of drug-likeness (QED) is 0.624. The Morgan fingerprint density at radius 2 is 2.04 bits per heavy atom. The van der Waals surface area contributed by atoms with E-state index in [0.717, 1.165) is 62.6 Å². The van der Waals surface area contributed by atoms with Crippen molar-refractivity contribution in [3.8, 4) is 0 Å². The molecule has 2 aliphatic rings. The lowest BCUT2D eigenvalue weighted by Gasteiger charge is -2.36. The van der Waals surface area contributed by atoms with Crippen LogP contribution in [0.25, 0.3) is 0 Å². The van der Waals surface area contributed by atoms with Gasteiger partial charge in [0.25, 0.3) is 0 Å². The largest absolute Gasteiger partial charge is 0.357 e. The molecular formula is C17H31N7S. The van der Waals surface area contributed by atoms with Gasteiger partial charge in [-0.25, -0.2) is 4.98 Å². The summed E-state index contributed by atoms with van der Waals surface area (Å²) in [5.41, 5.74) is 0. The summed E-state index contributed by atoms with van der Waals surface area (Å²) in [6, 6.07) is 0. The van der Waals surface area contributed by atoms with Gasteiger partial charge in [0, 0.05) is 63.8 Å². The number of nitrogens with one attached hydrogen (secondary N) is 1. The second-order valence-corrected chi connectivity index (χ2v) is 7.66. The number of guanidine groups is 1. The molecule has 1 unspecified atom stereocenters. The maximum absolute atomic E-state index is 4.93. The topological polar surface area (TPSA) is 59.9 Å². The van der Waals surface area contributed by atoms with Gasteiger partial charge in [-0.15, -0.1) is 0 Å². The second kappa shape index (κ2) is 8.80. The fraction of sp³-hybridized carbons (Fsp3) is 0.824. The van der Waals surface area contributed by atoms with Gasteiger partial charge in [0.15, 0.2) is 5.96 Å². The highest BCUT2D eigenvalue weighted by Crippen LogP contribution is 2.19. The van der Waals surface area contributed by atoms with Crippen LogP contribution in [0.2, 0.25) is 0 Å². The molecule has 0 amide bonds. The number of aliphatic imine (C=N–C) groups is 1. The lowest BCUT2D eigenvalue weighted by molar-refractivity contribution is 0.369. The van der Waals surface area contributed by atoms with Crippen LogP contribution < -0.4 is 10.2 Å². The van der Waals surface area contributed by atoms with Gasteiger partial charge in [-0.1, -0.05) is 6.92 Å². The van der Waals surface area contributed by atoms with Crippen LogP contribution in [0.1, 0.15) is 26.1 Å². The van der Waals surface area contributed by atoms with E-state index in [1.54, 1.807) is 0 Å². The van der Waals surface area contributed by atoms with E-state index in [0.29, 0.717) is 5.92 Å². The summed E-state index contributed by atoms with van der Waals surface area (Å²) in [5.74, 6) is 2.73. The fourth-order valence-corrected chi connectivity index (χ4v) is 4.24. The number of aryl methyl sites for hydroxylation is 1. The van der Waals surface area contributed by atoms with Gasteiger partial charge in [0.2, 0.25) is 5.13 Å². The van der Waals surface area contributed by atoms with Crippen LogP contribution in [-0.4, -0.2) is 84.5 Å². The number of anilines is 1. The zero-order valence-corrected chi connectivity index (χ0v) is 16.6. The summed E-state index contributed by atoms with van der Waals surface area (Å²) in [6.45, 7) is 12.4. The summed E-state index contributed by atoms with van der Waals surface area (Å²) >= 11 is 1.52. The molecule has 0 bridgehead atoms. The summed E-state index contributed by atoms with van der Waals surface area (Å²) in [5, 5.41) is 4.54. The van der Waals surface area contributed by atoms with E-state index >= 15 is 0 Å². The molecule has 1 aromatic heterocycles. The predicted molar refractivity (Wildman–Crippen MR) is 105 cm³/mol. The number of piperazine rings is 1. The van der Waals surface area contributed by atoms with Gasteiger partial charge in [0.1, 0.15) is 5.82 Å². The summed E-state index contributed by atoms with van der Waals surface area (Å²) in [4.78, 5) is 16.7. The van der Waals surface area contributed by atoms with Crippen molar-refractivity contribution in [2.45, 2.75) is 26.7 Å². The Bertz CT molecular complexity index is 565. The molecule has 0 aliphatic carbocycles. The van der Waals surface area contributed by atoms with Crippen LogP contribution in [0.3, 0.4) is 0 Å². The molecule has 25 heavy (non-hydrogen) atoms. The minimum absolute atomic E-state index is 0.703. The number of aromatic nitrogens is 2. The minimum atomic E-state index is 0.703. The van der Waals surface area contributed by atoms with Gasteiger partial charge in [0.05, 0.1) is 0 Å². The Kier molecular flexibility index (Phi) is 6.47. The van der Waals surface area contributed by atoms with E-state index in [1.165, 1.54) is 31.0 Å². The molecule has 0 saturated carbocycles. The third-order valence-electron chi connectivity index (χ3n) is 4.95. The highest BCUT2D eigenvalue weighted by atomic mass is 32.1. The van der Waals surface area contributed by atoms with Crippen molar-refractivity contribution < 1.29 is 0 Å². The van der Waals surface area contributed by atoms with Crippen molar-refractivity contribution in [2.24, 2.45) is 10.9 Å². The molecule has 1 aromatic rings. The highest BCUT2D eigenvalue weighted by Gasteiger charge is 2.23. The molecule has 8 heteroatoms. The monoisotopic (exact) mass is 365 g/mol. The standard InChI is InChI=1S/C17H31N7S/c1-4-15-20-17(25-21-15)24-10-8-23(9-11-24)16(18-5-2)19-12-14-6-7-22(3)13-14/h14H,4-13H2,1-3H3,(H,18,19). The molecular weight excluding hydrogens is 334 g/mol. The average Bonchev–Trinajstić information content (AvgIpc) is 3.27. The third-order valence-corrected chi connectivity index (χ3v) is 5.76. The van der Waals surface area contributed by atoms with Crippen LogP contribution in [0.4, 0.5) is 5.13 Å². The molecule has 3 heterocycles. The normalized spacial score (nSPS) is 22.7. The smallest absolute Gasteiger partial charge is 0.205 e. The molecule has 3 rings (SSSR count). The van der Waals surface area contributed by atoms with Crippen molar-refractivity contribution in [2.75, 3.05) is 64.3 Å². The molecule has 140 valence electrons. The first-order chi connectivity index (χ1) is 12.2. The molecule has 0 radical (unpaired) electrons. The van der Waals surface area contributed by atoms with Crippen LogP contribution in [-0.2, 0) is 6.42 Å². The van der Waals surface area contributed by atoms with E-state index in [4.69, 9.17) is 4.99 Å². The lowest BCUT2D eigenvalue weighted by Crippen LogP contribution is -2.52. The highest BCUT2D eigenvalue weighted by molar-refractivity contribution is 7.09. The zero-order chi connectivity index (χ0) is 17.6. The Labute approximate surface area is 155 Å². The predicted octanol–water partition coefficient (Wildman–Crippen LogP) is 1.14. The van der Waals surface area contributed by atoms with Gasteiger partial charge in [-0.3, -0.25) is 4.99 Å². The SMILES string of the molecule is CCNC(=NCC1CCN(C)C1)N1CCN(c2nc(CC)ns2)CC1.